The fourth-order valence-electron chi connectivity index (χ4n) is 3.43. The number of hydrogen-bond donors (Lipinski definition) is 1. The highest BCUT2D eigenvalue weighted by Gasteiger charge is 2.30. The van der Waals surface area contributed by atoms with Gasteiger partial charge >= 0.3 is 0 Å². The molecule has 7 nitrogen and oxygen atoms in total. The highest BCUT2D eigenvalue weighted by molar-refractivity contribution is 5.94. The van der Waals surface area contributed by atoms with Crippen LogP contribution in [-0.4, -0.2) is 28.0 Å². The first-order chi connectivity index (χ1) is 14.1. The number of rotatable bonds is 4. The lowest BCUT2D eigenvalue weighted by Gasteiger charge is -2.29. The summed E-state index contributed by atoms with van der Waals surface area (Å²) < 4.78 is 14.8. The molecule has 1 aliphatic rings. The third kappa shape index (κ3) is 3.74. The minimum atomic E-state index is -0.696. The van der Waals surface area contributed by atoms with Crippen LogP contribution < -0.4 is 10.9 Å². The second-order valence-corrected chi connectivity index (χ2v) is 6.95. The molecule has 1 fully saturated rings. The Morgan fingerprint density at radius 1 is 1.07 bits per heavy atom. The van der Waals surface area contributed by atoms with Crippen molar-refractivity contribution >= 4 is 11.6 Å². The SMILES string of the molecule is Cc1c(NC(=O)[C@@H]2CCO[C@@H](c3ccccc3)O2)c(=O)n(-c2ccccc2)n1C. The summed E-state index contributed by atoms with van der Waals surface area (Å²) in [5.41, 5.74) is 2.23. The minimum Gasteiger partial charge on any atom is -0.348 e. The predicted molar refractivity (Wildman–Crippen MR) is 109 cm³/mol. The second kappa shape index (κ2) is 8.06. The van der Waals surface area contributed by atoms with E-state index >= 15 is 0 Å². The molecule has 2 aromatic carbocycles. The van der Waals surface area contributed by atoms with Gasteiger partial charge in [0.15, 0.2) is 6.29 Å². The van der Waals surface area contributed by atoms with Gasteiger partial charge in [0.25, 0.3) is 11.5 Å². The normalized spacial score (nSPS) is 19.1. The fourth-order valence-corrected chi connectivity index (χ4v) is 3.43. The van der Waals surface area contributed by atoms with Gasteiger partial charge in [0, 0.05) is 19.0 Å². The zero-order valence-corrected chi connectivity index (χ0v) is 16.4. The highest BCUT2D eigenvalue weighted by Crippen LogP contribution is 2.27. The van der Waals surface area contributed by atoms with Crippen LogP contribution in [0.2, 0.25) is 0 Å². The lowest BCUT2D eigenvalue weighted by molar-refractivity contribution is -0.214. The molecule has 2 atom stereocenters. The van der Waals surface area contributed by atoms with Gasteiger partial charge in [-0.05, 0) is 19.1 Å². The van der Waals surface area contributed by atoms with Crippen molar-refractivity contribution in [3.05, 3.63) is 82.3 Å². The summed E-state index contributed by atoms with van der Waals surface area (Å²) in [5, 5.41) is 2.78. The molecule has 4 rings (SSSR count). The van der Waals surface area contributed by atoms with E-state index in [1.165, 1.54) is 4.68 Å². The summed E-state index contributed by atoms with van der Waals surface area (Å²) in [6.45, 7) is 2.20. The van der Waals surface area contributed by atoms with Crippen molar-refractivity contribution in [1.29, 1.82) is 0 Å². The van der Waals surface area contributed by atoms with Crippen LogP contribution in [-0.2, 0) is 21.3 Å². The van der Waals surface area contributed by atoms with Crippen molar-refractivity contribution in [3.8, 4) is 5.69 Å². The molecule has 1 N–H and O–H groups in total. The predicted octanol–water partition coefficient (Wildman–Crippen LogP) is 2.93. The Hall–Kier alpha value is -3.16. The lowest BCUT2D eigenvalue weighted by atomic mass is 10.1. The van der Waals surface area contributed by atoms with Crippen LogP contribution in [0, 0.1) is 6.92 Å². The molecule has 0 saturated carbocycles. The molecule has 0 radical (unpaired) electrons. The molecule has 2 heterocycles. The van der Waals surface area contributed by atoms with Gasteiger partial charge < -0.3 is 14.8 Å². The molecule has 3 aromatic rings. The first-order valence-electron chi connectivity index (χ1n) is 9.53. The summed E-state index contributed by atoms with van der Waals surface area (Å²) in [5.74, 6) is -0.347. The maximum absolute atomic E-state index is 13.0. The molecule has 0 spiro atoms. The average molecular weight is 393 g/mol. The number of nitrogens with zero attached hydrogens (tertiary/aromatic N) is 2. The Kier molecular flexibility index (Phi) is 5.33. The quantitative estimate of drug-likeness (QED) is 0.740. The summed E-state index contributed by atoms with van der Waals surface area (Å²) in [7, 11) is 1.79. The van der Waals surface area contributed by atoms with E-state index in [0.29, 0.717) is 18.7 Å². The van der Waals surface area contributed by atoms with Gasteiger partial charge in [-0.25, -0.2) is 4.68 Å². The van der Waals surface area contributed by atoms with E-state index in [1.54, 1.807) is 18.7 Å². The first kappa shape index (κ1) is 19.2. The molecule has 1 saturated heterocycles. The van der Waals surface area contributed by atoms with Crippen molar-refractivity contribution in [2.24, 2.45) is 7.05 Å². The van der Waals surface area contributed by atoms with Gasteiger partial charge in [0.05, 0.1) is 18.0 Å². The lowest BCUT2D eigenvalue weighted by Crippen LogP contribution is -2.38. The van der Waals surface area contributed by atoms with Crippen LogP contribution >= 0.6 is 0 Å². The number of para-hydroxylation sites is 1. The second-order valence-electron chi connectivity index (χ2n) is 6.95. The van der Waals surface area contributed by atoms with Gasteiger partial charge in [0.2, 0.25) is 0 Å². The zero-order chi connectivity index (χ0) is 20.4. The third-order valence-electron chi connectivity index (χ3n) is 5.10. The number of benzene rings is 2. The Balaban J connectivity index is 1.55. The number of carbonyl (C=O) groups is 1. The van der Waals surface area contributed by atoms with Crippen LogP contribution in [0.25, 0.3) is 5.69 Å². The summed E-state index contributed by atoms with van der Waals surface area (Å²) in [4.78, 5) is 25.8. The first-order valence-corrected chi connectivity index (χ1v) is 9.53. The maximum atomic E-state index is 13.0. The van der Waals surface area contributed by atoms with E-state index in [1.807, 2.05) is 60.7 Å². The monoisotopic (exact) mass is 393 g/mol. The minimum absolute atomic E-state index is 0.257. The maximum Gasteiger partial charge on any atom is 0.295 e. The van der Waals surface area contributed by atoms with Crippen molar-refractivity contribution in [3.63, 3.8) is 0 Å². The number of hydrogen-bond acceptors (Lipinski definition) is 4. The van der Waals surface area contributed by atoms with Gasteiger partial charge in [0.1, 0.15) is 11.8 Å². The smallest absolute Gasteiger partial charge is 0.295 e. The van der Waals surface area contributed by atoms with E-state index in [2.05, 4.69) is 5.32 Å². The van der Waals surface area contributed by atoms with Gasteiger partial charge in [-0.2, -0.15) is 0 Å². The van der Waals surface area contributed by atoms with Crippen molar-refractivity contribution in [2.45, 2.75) is 25.7 Å². The molecule has 1 aliphatic heterocycles. The Morgan fingerprint density at radius 3 is 2.41 bits per heavy atom. The molecule has 1 aromatic heterocycles. The number of anilines is 1. The largest absolute Gasteiger partial charge is 0.348 e. The van der Waals surface area contributed by atoms with Crippen LogP contribution in [0.4, 0.5) is 5.69 Å². The molecule has 0 unspecified atom stereocenters. The number of carbonyl (C=O) groups excluding carboxylic acids is 1. The number of amides is 1. The van der Waals surface area contributed by atoms with Crippen molar-refractivity contribution in [2.75, 3.05) is 11.9 Å². The Labute approximate surface area is 168 Å². The van der Waals surface area contributed by atoms with Gasteiger partial charge in [-0.1, -0.05) is 48.5 Å². The number of aromatic nitrogens is 2. The molecule has 0 aliphatic carbocycles. The van der Waals surface area contributed by atoms with Crippen LogP contribution in [0.1, 0.15) is 24.0 Å². The highest BCUT2D eigenvalue weighted by atomic mass is 16.7. The van der Waals surface area contributed by atoms with Crippen molar-refractivity contribution < 1.29 is 14.3 Å². The third-order valence-corrected chi connectivity index (χ3v) is 5.10. The molecular formula is C22H23N3O4. The van der Waals surface area contributed by atoms with E-state index < -0.39 is 12.4 Å². The number of ether oxygens (including phenoxy) is 2. The summed E-state index contributed by atoms with van der Waals surface area (Å²) >= 11 is 0. The molecular weight excluding hydrogens is 370 g/mol. The van der Waals surface area contributed by atoms with Crippen LogP contribution in [0.15, 0.2) is 65.5 Å². The van der Waals surface area contributed by atoms with Crippen LogP contribution in [0.5, 0.6) is 0 Å². The Bertz CT molecular complexity index is 1060. The van der Waals surface area contributed by atoms with E-state index in [4.69, 9.17) is 9.47 Å². The average Bonchev–Trinajstić information content (AvgIpc) is 2.98. The van der Waals surface area contributed by atoms with Crippen molar-refractivity contribution in [1.82, 2.24) is 9.36 Å². The summed E-state index contributed by atoms with van der Waals surface area (Å²) in [6.07, 6.45) is -0.870. The fraction of sp³-hybridized carbons (Fsp3) is 0.273. The standard InChI is InChI=1S/C22H23N3O4/c1-15-19(21(27)25(24(15)2)17-11-7-4-8-12-17)23-20(26)18-13-14-28-22(29-18)16-9-5-3-6-10-16/h3-12,18,22H,13-14H2,1-2H3,(H,23,26)/t18-,22+/m0/s1. The van der Waals surface area contributed by atoms with E-state index in [0.717, 1.165) is 11.3 Å². The zero-order valence-electron chi connectivity index (χ0n) is 16.4. The van der Waals surface area contributed by atoms with Gasteiger partial charge in [-0.3, -0.25) is 14.3 Å². The molecule has 7 heteroatoms. The van der Waals surface area contributed by atoms with Gasteiger partial charge in [-0.15, -0.1) is 0 Å². The van der Waals surface area contributed by atoms with E-state index in [9.17, 15) is 9.59 Å². The van der Waals surface area contributed by atoms with E-state index in [-0.39, 0.29) is 17.2 Å². The van der Waals surface area contributed by atoms with Crippen LogP contribution in [0.3, 0.4) is 0 Å². The topological polar surface area (TPSA) is 74.5 Å². The number of nitrogens with one attached hydrogen (secondary N) is 1. The summed E-state index contributed by atoms with van der Waals surface area (Å²) in [6, 6.07) is 18.8. The Morgan fingerprint density at radius 2 is 1.72 bits per heavy atom. The molecule has 150 valence electrons. The molecule has 0 bridgehead atoms. The molecule has 29 heavy (non-hydrogen) atoms. The molecule has 1 amide bonds.